The van der Waals surface area contributed by atoms with Crippen LogP contribution in [0, 0.1) is 0 Å². The van der Waals surface area contributed by atoms with Crippen LogP contribution in [-0.4, -0.2) is 53.4 Å². The Hall–Kier alpha value is -1.89. The third-order valence-electron chi connectivity index (χ3n) is 2.93. The molecule has 1 fully saturated rings. The summed E-state index contributed by atoms with van der Waals surface area (Å²) in [5.41, 5.74) is 0.776. The molecule has 0 aromatic carbocycles. The monoisotopic (exact) mass is 233 g/mol. The van der Waals surface area contributed by atoms with E-state index in [9.17, 15) is 0 Å². The molecule has 0 atom stereocenters. The molecule has 2 aromatic rings. The number of nitrogens with zero attached hydrogens (tertiary/aromatic N) is 4. The van der Waals surface area contributed by atoms with Crippen molar-refractivity contribution in [3.05, 3.63) is 6.20 Å². The first kappa shape index (κ1) is 10.3. The van der Waals surface area contributed by atoms with E-state index >= 15 is 0 Å². The average Bonchev–Trinajstić information content (AvgIpc) is 2.86. The van der Waals surface area contributed by atoms with E-state index in [1.54, 1.807) is 6.20 Å². The summed E-state index contributed by atoms with van der Waals surface area (Å²) in [7, 11) is 1.82. The van der Waals surface area contributed by atoms with Crippen molar-refractivity contribution in [2.75, 3.05) is 43.4 Å². The summed E-state index contributed by atoms with van der Waals surface area (Å²) >= 11 is 0. The van der Waals surface area contributed by atoms with E-state index in [1.807, 2.05) is 7.05 Å². The number of fused-ring (bicyclic) bond motifs is 1. The van der Waals surface area contributed by atoms with Gasteiger partial charge in [0.25, 0.3) is 0 Å². The molecule has 0 radical (unpaired) electrons. The summed E-state index contributed by atoms with van der Waals surface area (Å²) < 4.78 is 0. The zero-order valence-electron chi connectivity index (χ0n) is 9.69. The highest BCUT2D eigenvalue weighted by Crippen LogP contribution is 2.23. The smallest absolute Gasteiger partial charge is 0.226 e. The van der Waals surface area contributed by atoms with Gasteiger partial charge in [-0.2, -0.15) is 15.1 Å². The van der Waals surface area contributed by atoms with Crippen molar-refractivity contribution in [3.8, 4) is 0 Å². The molecule has 0 unspecified atom stereocenters. The van der Waals surface area contributed by atoms with Gasteiger partial charge in [0.05, 0.1) is 11.6 Å². The normalized spacial score (nSPS) is 16.4. The Morgan fingerprint density at radius 3 is 2.88 bits per heavy atom. The van der Waals surface area contributed by atoms with Gasteiger partial charge in [0.2, 0.25) is 5.95 Å². The Kier molecular flexibility index (Phi) is 2.52. The van der Waals surface area contributed by atoms with Crippen molar-refractivity contribution in [1.29, 1.82) is 0 Å². The lowest BCUT2D eigenvalue weighted by Crippen LogP contribution is -2.44. The maximum absolute atomic E-state index is 4.53. The van der Waals surface area contributed by atoms with Gasteiger partial charge >= 0.3 is 0 Å². The summed E-state index contributed by atoms with van der Waals surface area (Å²) in [5.74, 6) is 1.57. The van der Waals surface area contributed by atoms with Crippen LogP contribution in [0.5, 0.6) is 0 Å². The van der Waals surface area contributed by atoms with Crippen molar-refractivity contribution in [1.82, 2.24) is 25.5 Å². The Balaban J connectivity index is 2.08. The molecule has 3 rings (SSSR count). The molecule has 0 saturated carbocycles. The molecule has 1 saturated heterocycles. The van der Waals surface area contributed by atoms with Crippen LogP contribution >= 0.6 is 0 Å². The molecule has 7 nitrogen and oxygen atoms in total. The van der Waals surface area contributed by atoms with Crippen LogP contribution in [0.4, 0.5) is 11.8 Å². The molecule has 0 spiro atoms. The summed E-state index contributed by atoms with van der Waals surface area (Å²) in [6, 6.07) is 0. The van der Waals surface area contributed by atoms with Crippen LogP contribution in [-0.2, 0) is 0 Å². The van der Waals surface area contributed by atoms with Crippen LogP contribution in [0.1, 0.15) is 0 Å². The standard InChI is InChI=1S/C10H15N7/c1-11-10-14-8-7(6-13-16-8)9(15-10)17-4-2-12-3-5-17/h6,12H,2-5H2,1H3,(H2,11,13,14,15,16). The molecule has 0 amide bonds. The van der Waals surface area contributed by atoms with E-state index < -0.39 is 0 Å². The van der Waals surface area contributed by atoms with Gasteiger partial charge in [0.15, 0.2) is 5.65 Å². The quantitative estimate of drug-likeness (QED) is 0.666. The van der Waals surface area contributed by atoms with Gasteiger partial charge in [-0.25, -0.2) is 0 Å². The lowest BCUT2D eigenvalue weighted by molar-refractivity contribution is 0.586. The number of H-pyrrole nitrogens is 1. The van der Waals surface area contributed by atoms with Crippen molar-refractivity contribution < 1.29 is 0 Å². The van der Waals surface area contributed by atoms with E-state index in [2.05, 4.69) is 35.7 Å². The molecular formula is C10H15N7. The number of hydrogen-bond donors (Lipinski definition) is 3. The van der Waals surface area contributed by atoms with Crippen LogP contribution < -0.4 is 15.5 Å². The summed E-state index contributed by atoms with van der Waals surface area (Å²) in [6.07, 6.45) is 1.78. The molecule has 90 valence electrons. The van der Waals surface area contributed by atoms with Crippen LogP contribution in [0.2, 0.25) is 0 Å². The average molecular weight is 233 g/mol. The molecule has 0 bridgehead atoms. The Morgan fingerprint density at radius 1 is 1.29 bits per heavy atom. The number of aromatic nitrogens is 4. The minimum absolute atomic E-state index is 0.621. The highest BCUT2D eigenvalue weighted by molar-refractivity contribution is 5.87. The molecular weight excluding hydrogens is 218 g/mol. The van der Waals surface area contributed by atoms with E-state index in [-0.39, 0.29) is 0 Å². The summed E-state index contributed by atoms with van der Waals surface area (Å²) in [5, 5.41) is 14.2. The second-order valence-electron chi connectivity index (χ2n) is 3.99. The summed E-state index contributed by atoms with van der Waals surface area (Å²) in [4.78, 5) is 11.1. The van der Waals surface area contributed by atoms with E-state index in [4.69, 9.17) is 0 Å². The van der Waals surface area contributed by atoms with Crippen LogP contribution in [0.3, 0.4) is 0 Å². The first-order valence-electron chi connectivity index (χ1n) is 5.73. The number of rotatable bonds is 2. The zero-order chi connectivity index (χ0) is 11.7. The van der Waals surface area contributed by atoms with Gasteiger partial charge in [-0.05, 0) is 0 Å². The fourth-order valence-electron chi connectivity index (χ4n) is 2.05. The van der Waals surface area contributed by atoms with Gasteiger partial charge in [-0.1, -0.05) is 0 Å². The Labute approximate surface area is 98.6 Å². The van der Waals surface area contributed by atoms with Crippen LogP contribution in [0.15, 0.2) is 6.20 Å². The van der Waals surface area contributed by atoms with E-state index in [0.717, 1.165) is 43.0 Å². The molecule has 3 N–H and O–H groups in total. The molecule has 0 aliphatic carbocycles. The predicted molar refractivity (Wildman–Crippen MR) is 66.3 cm³/mol. The lowest BCUT2D eigenvalue weighted by atomic mass is 10.3. The van der Waals surface area contributed by atoms with Gasteiger partial charge < -0.3 is 15.5 Å². The molecule has 2 aromatic heterocycles. The van der Waals surface area contributed by atoms with Crippen molar-refractivity contribution in [2.24, 2.45) is 0 Å². The molecule has 1 aliphatic heterocycles. The Bertz CT molecular complexity index is 514. The van der Waals surface area contributed by atoms with Crippen LogP contribution in [0.25, 0.3) is 11.0 Å². The third-order valence-corrected chi connectivity index (χ3v) is 2.93. The fraction of sp³-hybridized carbons (Fsp3) is 0.500. The topological polar surface area (TPSA) is 81.8 Å². The Morgan fingerprint density at radius 2 is 2.12 bits per heavy atom. The van der Waals surface area contributed by atoms with E-state index in [0.29, 0.717) is 5.95 Å². The maximum Gasteiger partial charge on any atom is 0.226 e. The number of anilines is 2. The first-order valence-corrected chi connectivity index (χ1v) is 5.73. The third kappa shape index (κ3) is 1.78. The van der Waals surface area contributed by atoms with Crippen molar-refractivity contribution in [3.63, 3.8) is 0 Å². The predicted octanol–water partition coefficient (Wildman–Crippen LogP) is -0.196. The molecule has 7 heteroatoms. The molecule has 17 heavy (non-hydrogen) atoms. The van der Waals surface area contributed by atoms with E-state index in [1.165, 1.54) is 0 Å². The number of aromatic amines is 1. The van der Waals surface area contributed by atoms with Crippen molar-refractivity contribution in [2.45, 2.75) is 0 Å². The second kappa shape index (κ2) is 4.17. The van der Waals surface area contributed by atoms with Crippen molar-refractivity contribution >= 4 is 22.8 Å². The minimum atomic E-state index is 0.621. The van der Waals surface area contributed by atoms with Gasteiger partial charge in [0, 0.05) is 33.2 Å². The maximum atomic E-state index is 4.53. The molecule has 3 heterocycles. The zero-order valence-corrected chi connectivity index (χ0v) is 9.69. The first-order chi connectivity index (χ1) is 8.38. The number of nitrogens with one attached hydrogen (secondary N) is 3. The van der Waals surface area contributed by atoms with Gasteiger partial charge in [-0.15, -0.1) is 0 Å². The second-order valence-corrected chi connectivity index (χ2v) is 3.99. The molecule has 1 aliphatic rings. The van der Waals surface area contributed by atoms with Gasteiger partial charge in [-0.3, -0.25) is 5.10 Å². The highest BCUT2D eigenvalue weighted by Gasteiger charge is 2.17. The number of piperazine rings is 1. The lowest BCUT2D eigenvalue weighted by Gasteiger charge is -2.28. The fourth-order valence-corrected chi connectivity index (χ4v) is 2.05. The number of hydrogen-bond acceptors (Lipinski definition) is 6. The minimum Gasteiger partial charge on any atom is -0.357 e. The largest absolute Gasteiger partial charge is 0.357 e. The van der Waals surface area contributed by atoms with Gasteiger partial charge in [0.1, 0.15) is 5.82 Å². The highest BCUT2D eigenvalue weighted by atomic mass is 15.3. The summed E-state index contributed by atoms with van der Waals surface area (Å²) in [6.45, 7) is 3.89. The SMILES string of the molecule is CNc1nc(N2CCNCC2)c2cn[nH]c2n1.